The molecule has 1 aromatic carbocycles. The fourth-order valence-electron chi connectivity index (χ4n) is 5.16. The molecule has 0 spiro atoms. The molecular weight excluding hydrogens is 335 g/mol. The van der Waals surface area contributed by atoms with E-state index in [4.69, 9.17) is 0 Å². The number of anilines is 1. The normalized spacial score (nSPS) is 37.2. The van der Waals surface area contributed by atoms with Gasteiger partial charge in [0.25, 0.3) is 0 Å². The second-order valence-electron chi connectivity index (χ2n) is 7.86. The van der Waals surface area contributed by atoms with E-state index in [1.165, 1.54) is 12.1 Å². The molecule has 4 atom stereocenters. The molecule has 0 aromatic heterocycles. The Morgan fingerprint density at radius 2 is 1.72 bits per heavy atom. The van der Waals surface area contributed by atoms with Crippen LogP contribution in [0.4, 0.5) is 18.9 Å². The van der Waals surface area contributed by atoms with Gasteiger partial charge in [-0.25, -0.2) is 4.90 Å². The molecule has 4 rings (SSSR count). The van der Waals surface area contributed by atoms with E-state index < -0.39 is 46.2 Å². The van der Waals surface area contributed by atoms with Crippen molar-refractivity contribution in [2.24, 2.45) is 22.7 Å². The van der Waals surface area contributed by atoms with Gasteiger partial charge in [0.15, 0.2) is 0 Å². The number of fused-ring (bicyclic) bond motifs is 5. The van der Waals surface area contributed by atoms with Crippen LogP contribution in [-0.4, -0.2) is 17.6 Å². The fourth-order valence-corrected chi connectivity index (χ4v) is 5.16. The lowest BCUT2D eigenvalue weighted by Gasteiger charge is -2.30. The molecule has 2 bridgehead atoms. The summed E-state index contributed by atoms with van der Waals surface area (Å²) < 4.78 is 38.9. The molecule has 2 amide bonds. The van der Waals surface area contributed by atoms with Gasteiger partial charge in [-0.1, -0.05) is 19.9 Å². The Hall–Kier alpha value is -2.18. The standard InChI is InChI=1S/C18H16F3NO3/c1-16-7-11(23)17(2,8-16)13-12(16)14(24)22(15(13)25)10-5-3-4-9(6-10)18(19,20)21/h3-6,12-13H,7-8H2,1-2H3/t12-,13+,16-,17-/m0/s1. The van der Waals surface area contributed by atoms with Gasteiger partial charge in [0.2, 0.25) is 11.8 Å². The predicted molar refractivity (Wildman–Crippen MR) is 81.4 cm³/mol. The van der Waals surface area contributed by atoms with Crippen LogP contribution in [0.5, 0.6) is 0 Å². The maximum atomic E-state index is 13.0. The number of nitrogens with zero attached hydrogens (tertiary/aromatic N) is 1. The number of ketones is 1. The largest absolute Gasteiger partial charge is 0.416 e. The Morgan fingerprint density at radius 1 is 1.08 bits per heavy atom. The quantitative estimate of drug-likeness (QED) is 0.730. The van der Waals surface area contributed by atoms with Crippen LogP contribution in [0, 0.1) is 22.7 Å². The number of hydrogen-bond donors (Lipinski definition) is 0. The van der Waals surface area contributed by atoms with Crippen LogP contribution in [0.25, 0.3) is 0 Å². The molecule has 0 radical (unpaired) electrons. The minimum absolute atomic E-state index is 0.0386. The second kappa shape index (κ2) is 4.51. The Bertz CT molecular complexity index is 833. The number of carbonyl (C=O) groups excluding carboxylic acids is 3. The summed E-state index contributed by atoms with van der Waals surface area (Å²) in [5.41, 5.74) is -2.50. The van der Waals surface area contributed by atoms with E-state index in [9.17, 15) is 27.6 Å². The van der Waals surface area contributed by atoms with Gasteiger partial charge in [-0.3, -0.25) is 14.4 Å². The SMILES string of the molecule is C[C@]12CC(=O)[C@](C)(C1)[C@H]1C(=O)N(c3cccc(C(F)(F)F)c3)C(=O)[C@H]12. The first-order valence-corrected chi connectivity index (χ1v) is 8.07. The highest BCUT2D eigenvalue weighted by Gasteiger charge is 2.74. The lowest BCUT2D eigenvalue weighted by molar-refractivity contribution is -0.138. The summed E-state index contributed by atoms with van der Waals surface area (Å²) >= 11 is 0. The average molecular weight is 351 g/mol. The van der Waals surface area contributed by atoms with E-state index in [0.717, 1.165) is 17.0 Å². The third-order valence-electron chi connectivity index (χ3n) is 6.15. The predicted octanol–water partition coefficient (Wildman–Crippen LogP) is 3.20. The van der Waals surface area contributed by atoms with E-state index in [2.05, 4.69) is 0 Å². The van der Waals surface area contributed by atoms with Gasteiger partial charge >= 0.3 is 6.18 Å². The van der Waals surface area contributed by atoms with E-state index in [-0.39, 0.29) is 17.9 Å². The van der Waals surface area contributed by atoms with E-state index in [1.807, 2.05) is 6.92 Å². The molecule has 1 aliphatic heterocycles. The highest BCUT2D eigenvalue weighted by molar-refractivity contribution is 6.24. The Kier molecular flexibility index (Phi) is 2.94. The highest BCUT2D eigenvalue weighted by atomic mass is 19.4. The smallest absolute Gasteiger partial charge is 0.299 e. The van der Waals surface area contributed by atoms with Gasteiger partial charge in [0.05, 0.1) is 23.1 Å². The summed E-state index contributed by atoms with van der Waals surface area (Å²) in [6, 6.07) is 4.20. The number of alkyl halides is 3. The summed E-state index contributed by atoms with van der Waals surface area (Å²) in [5.74, 6) is -2.51. The molecule has 132 valence electrons. The van der Waals surface area contributed by atoms with E-state index in [0.29, 0.717) is 6.42 Å². The van der Waals surface area contributed by atoms with Gasteiger partial charge < -0.3 is 0 Å². The highest BCUT2D eigenvalue weighted by Crippen LogP contribution is 2.68. The van der Waals surface area contributed by atoms with Crippen molar-refractivity contribution in [3.63, 3.8) is 0 Å². The fraction of sp³-hybridized carbons (Fsp3) is 0.500. The van der Waals surface area contributed by atoms with E-state index >= 15 is 0 Å². The average Bonchev–Trinajstić information content (AvgIpc) is 3.00. The zero-order chi connectivity index (χ0) is 18.4. The van der Waals surface area contributed by atoms with Crippen molar-refractivity contribution in [2.75, 3.05) is 4.90 Å². The van der Waals surface area contributed by atoms with Crippen molar-refractivity contribution in [1.82, 2.24) is 0 Å². The Balaban J connectivity index is 1.79. The van der Waals surface area contributed by atoms with Crippen LogP contribution in [0.2, 0.25) is 0 Å². The zero-order valence-electron chi connectivity index (χ0n) is 13.7. The molecule has 4 nitrogen and oxygen atoms in total. The summed E-state index contributed by atoms with van der Waals surface area (Å²) in [6.45, 7) is 3.52. The van der Waals surface area contributed by atoms with Crippen LogP contribution in [0.1, 0.15) is 32.3 Å². The first-order chi connectivity index (χ1) is 11.5. The summed E-state index contributed by atoms with van der Waals surface area (Å²) in [5, 5.41) is 0. The summed E-state index contributed by atoms with van der Waals surface area (Å²) in [6.07, 6.45) is -3.85. The van der Waals surface area contributed by atoms with Crippen LogP contribution in [0.3, 0.4) is 0 Å². The van der Waals surface area contributed by atoms with Crippen molar-refractivity contribution in [3.8, 4) is 0 Å². The van der Waals surface area contributed by atoms with Crippen molar-refractivity contribution in [3.05, 3.63) is 29.8 Å². The number of amides is 2. The number of halogens is 3. The third-order valence-corrected chi connectivity index (χ3v) is 6.15. The topological polar surface area (TPSA) is 54.5 Å². The molecule has 1 aromatic rings. The Morgan fingerprint density at radius 3 is 2.36 bits per heavy atom. The number of carbonyl (C=O) groups is 3. The summed E-state index contributed by atoms with van der Waals surface area (Å²) in [4.78, 5) is 39.0. The molecule has 25 heavy (non-hydrogen) atoms. The number of imide groups is 1. The van der Waals surface area contributed by atoms with E-state index in [1.54, 1.807) is 6.92 Å². The maximum Gasteiger partial charge on any atom is 0.416 e. The molecule has 0 unspecified atom stereocenters. The number of hydrogen-bond acceptors (Lipinski definition) is 3. The number of rotatable bonds is 1. The second-order valence-corrected chi connectivity index (χ2v) is 7.86. The van der Waals surface area contributed by atoms with Crippen LogP contribution < -0.4 is 4.90 Å². The number of benzene rings is 1. The minimum atomic E-state index is -4.56. The first-order valence-electron chi connectivity index (χ1n) is 8.07. The molecule has 1 saturated heterocycles. The molecule has 7 heteroatoms. The van der Waals surface area contributed by atoms with Crippen molar-refractivity contribution >= 4 is 23.3 Å². The van der Waals surface area contributed by atoms with Gasteiger partial charge in [-0.15, -0.1) is 0 Å². The minimum Gasteiger partial charge on any atom is -0.299 e. The lowest BCUT2D eigenvalue weighted by atomic mass is 9.68. The maximum absolute atomic E-state index is 13.0. The Labute approximate surface area is 142 Å². The first kappa shape index (κ1) is 16.3. The third kappa shape index (κ3) is 1.92. The zero-order valence-corrected chi connectivity index (χ0v) is 13.7. The van der Waals surface area contributed by atoms with Gasteiger partial charge in [0.1, 0.15) is 5.78 Å². The van der Waals surface area contributed by atoms with Crippen molar-refractivity contribution < 1.29 is 27.6 Å². The van der Waals surface area contributed by atoms with Gasteiger partial charge in [-0.2, -0.15) is 13.2 Å². The molecule has 3 aliphatic rings. The molecule has 1 heterocycles. The van der Waals surface area contributed by atoms with Crippen LogP contribution >= 0.6 is 0 Å². The molecule has 2 aliphatic carbocycles. The monoisotopic (exact) mass is 351 g/mol. The molecule has 3 fully saturated rings. The van der Waals surface area contributed by atoms with Crippen molar-refractivity contribution in [1.29, 1.82) is 0 Å². The molecular formula is C18H16F3NO3. The van der Waals surface area contributed by atoms with Crippen LogP contribution in [-0.2, 0) is 20.6 Å². The van der Waals surface area contributed by atoms with Crippen LogP contribution in [0.15, 0.2) is 24.3 Å². The van der Waals surface area contributed by atoms with Gasteiger partial charge in [0, 0.05) is 11.8 Å². The number of Topliss-reactive ketones (excluding diaryl/α,β-unsaturated/α-hetero) is 1. The molecule has 2 saturated carbocycles. The van der Waals surface area contributed by atoms with Crippen molar-refractivity contribution in [2.45, 2.75) is 32.9 Å². The lowest BCUT2D eigenvalue weighted by Crippen LogP contribution is -2.40. The molecule has 0 N–H and O–H groups in total. The summed E-state index contributed by atoms with van der Waals surface area (Å²) in [7, 11) is 0. The van der Waals surface area contributed by atoms with Gasteiger partial charge in [-0.05, 0) is 30.0 Å².